The van der Waals surface area contributed by atoms with Crippen LogP contribution in [0.25, 0.3) is 0 Å². The van der Waals surface area contributed by atoms with Crippen molar-refractivity contribution in [3.63, 3.8) is 0 Å². The first kappa shape index (κ1) is 20.8. The second-order valence-corrected chi connectivity index (χ2v) is 7.65. The van der Waals surface area contributed by atoms with Gasteiger partial charge in [-0.2, -0.15) is 8.42 Å². The predicted octanol–water partition coefficient (Wildman–Crippen LogP) is 2.14. The topological polar surface area (TPSA) is 91.8 Å². The molecule has 3 rings (SSSR count). The fourth-order valence-electron chi connectivity index (χ4n) is 3.01. The van der Waals surface area contributed by atoms with Gasteiger partial charge in [-0.05, 0) is 35.2 Å². The molecule has 8 heteroatoms. The van der Waals surface area contributed by atoms with E-state index in [1.54, 1.807) is 0 Å². The van der Waals surface area contributed by atoms with Crippen LogP contribution in [0.4, 0.5) is 5.69 Å². The van der Waals surface area contributed by atoms with Crippen molar-refractivity contribution in [3.8, 4) is 0 Å². The van der Waals surface area contributed by atoms with E-state index in [0.29, 0.717) is 5.69 Å². The Labute approximate surface area is 174 Å². The van der Waals surface area contributed by atoms with Gasteiger partial charge in [0.15, 0.2) is 0 Å². The average molecular weight is 383 g/mol. The van der Waals surface area contributed by atoms with Crippen LogP contribution in [0.5, 0.6) is 0 Å². The molecule has 0 fully saturated rings. The van der Waals surface area contributed by atoms with Crippen LogP contribution in [-0.4, -0.2) is 54.2 Å². The van der Waals surface area contributed by atoms with E-state index < -0.39 is 26.7 Å². The standard InChI is InChI=1S/C18H17NO5S.Na.H/c1-11(2)14-6-4-3-5-12(14)10-19-16-8-7-13(25(22,23)24)9-15(16)17(20)18(19)21;;/h3-9,11H,10H2,1-2H3,(H,22,23,24);;. The second-order valence-electron chi connectivity index (χ2n) is 6.23. The molecule has 2 aromatic rings. The molecule has 6 nitrogen and oxygen atoms in total. The zero-order valence-electron chi connectivity index (χ0n) is 13.8. The van der Waals surface area contributed by atoms with E-state index >= 15 is 0 Å². The van der Waals surface area contributed by atoms with Gasteiger partial charge in [0, 0.05) is 0 Å². The molecule has 1 aliphatic rings. The van der Waals surface area contributed by atoms with Crippen molar-refractivity contribution in [2.24, 2.45) is 0 Å². The number of carbonyl (C=O) groups excluding carboxylic acids is 2. The summed E-state index contributed by atoms with van der Waals surface area (Å²) in [4.78, 5) is 25.5. The van der Waals surface area contributed by atoms with Crippen molar-refractivity contribution in [1.29, 1.82) is 0 Å². The molecule has 0 bridgehead atoms. The molecule has 26 heavy (non-hydrogen) atoms. The summed E-state index contributed by atoms with van der Waals surface area (Å²) in [7, 11) is -4.44. The fourth-order valence-corrected chi connectivity index (χ4v) is 3.52. The van der Waals surface area contributed by atoms with Gasteiger partial charge < -0.3 is 4.90 Å². The zero-order chi connectivity index (χ0) is 18.4. The Morgan fingerprint density at radius 2 is 1.73 bits per heavy atom. The van der Waals surface area contributed by atoms with Crippen molar-refractivity contribution in [1.82, 2.24) is 0 Å². The van der Waals surface area contributed by atoms with E-state index in [9.17, 15) is 18.0 Å². The number of benzene rings is 2. The number of ketones is 1. The Balaban J connectivity index is 0.00000243. The number of amides is 1. The number of hydrogen-bond donors (Lipinski definition) is 1. The molecule has 1 N–H and O–H groups in total. The molecule has 1 amide bonds. The normalized spacial score (nSPS) is 13.8. The molecule has 2 aromatic carbocycles. The Morgan fingerprint density at radius 1 is 1.08 bits per heavy atom. The van der Waals surface area contributed by atoms with E-state index in [4.69, 9.17) is 4.55 Å². The monoisotopic (exact) mass is 383 g/mol. The van der Waals surface area contributed by atoms with Crippen LogP contribution in [0.15, 0.2) is 47.4 Å². The Morgan fingerprint density at radius 3 is 2.35 bits per heavy atom. The molecule has 0 saturated heterocycles. The van der Waals surface area contributed by atoms with Crippen molar-refractivity contribution in [2.75, 3.05) is 4.90 Å². The van der Waals surface area contributed by atoms with Crippen LogP contribution in [-0.2, 0) is 21.5 Å². The predicted molar refractivity (Wildman–Crippen MR) is 99.5 cm³/mol. The minimum absolute atomic E-state index is 0. The summed E-state index contributed by atoms with van der Waals surface area (Å²) in [5, 5.41) is 0. The van der Waals surface area contributed by atoms with Crippen molar-refractivity contribution < 1.29 is 22.6 Å². The maximum absolute atomic E-state index is 12.4. The third-order valence-electron chi connectivity index (χ3n) is 4.25. The average Bonchev–Trinajstić information content (AvgIpc) is 2.79. The van der Waals surface area contributed by atoms with Crippen LogP contribution in [0, 0.1) is 0 Å². The van der Waals surface area contributed by atoms with Gasteiger partial charge in [0.25, 0.3) is 21.8 Å². The van der Waals surface area contributed by atoms with Gasteiger partial charge in [-0.15, -0.1) is 0 Å². The SMILES string of the molecule is CC(C)c1ccccc1CN1C(=O)C(=O)c2cc(S(=O)(=O)O)ccc21.[NaH]. The van der Waals surface area contributed by atoms with Crippen LogP contribution < -0.4 is 4.90 Å². The van der Waals surface area contributed by atoms with Gasteiger partial charge in [0.2, 0.25) is 0 Å². The van der Waals surface area contributed by atoms with Crippen molar-refractivity contribution >= 4 is 57.1 Å². The van der Waals surface area contributed by atoms with E-state index in [-0.39, 0.29) is 47.6 Å². The number of carbonyl (C=O) groups is 2. The van der Waals surface area contributed by atoms with Gasteiger partial charge >= 0.3 is 29.6 Å². The van der Waals surface area contributed by atoms with Crippen LogP contribution >= 0.6 is 0 Å². The fraction of sp³-hybridized carbons (Fsp3) is 0.222. The third-order valence-corrected chi connectivity index (χ3v) is 5.10. The summed E-state index contributed by atoms with van der Waals surface area (Å²) in [5.41, 5.74) is 2.33. The third kappa shape index (κ3) is 3.77. The van der Waals surface area contributed by atoms with Gasteiger partial charge in [-0.3, -0.25) is 14.1 Å². The second kappa shape index (κ2) is 7.62. The van der Waals surface area contributed by atoms with Gasteiger partial charge in [-0.25, -0.2) is 0 Å². The number of hydrogen-bond acceptors (Lipinski definition) is 4. The number of anilines is 1. The molecule has 0 aromatic heterocycles. The Hall–Kier alpha value is -1.51. The zero-order valence-corrected chi connectivity index (χ0v) is 14.6. The van der Waals surface area contributed by atoms with Gasteiger partial charge in [-0.1, -0.05) is 38.1 Å². The molecular formula is C18H18NNaO5S. The van der Waals surface area contributed by atoms with Crippen LogP contribution in [0.1, 0.15) is 41.3 Å². The van der Waals surface area contributed by atoms with E-state index in [0.717, 1.165) is 17.2 Å². The van der Waals surface area contributed by atoms with Crippen molar-refractivity contribution in [3.05, 3.63) is 59.2 Å². The molecule has 1 heterocycles. The summed E-state index contributed by atoms with van der Waals surface area (Å²) >= 11 is 0. The first-order chi connectivity index (χ1) is 11.7. The van der Waals surface area contributed by atoms with E-state index in [1.807, 2.05) is 38.1 Å². The van der Waals surface area contributed by atoms with Crippen LogP contribution in [0.3, 0.4) is 0 Å². The number of rotatable bonds is 4. The Bertz CT molecular complexity index is 985. The summed E-state index contributed by atoms with van der Waals surface area (Å²) in [6.45, 7) is 4.31. The molecule has 0 unspecified atom stereocenters. The quantitative estimate of drug-likeness (QED) is 0.496. The number of nitrogens with zero attached hydrogens (tertiary/aromatic N) is 1. The molecule has 0 aliphatic carbocycles. The van der Waals surface area contributed by atoms with Gasteiger partial charge in [0.05, 0.1) is 22.7 Å². The first-order valence-electron chi connectivity index (χ1n) is 7.75. The summed E-state index contributed by atoms with van der Waals surface area (Å²) in [6, 6.07) is 11.3. The molecule has 0 spiro atoms. The van der Waals surface area contributed by atoms with Crippen LogP contribution in [0.2, 0.25) is 0 Å². The first-order valence-corrected chi connectivity index (χ1v) is 9.19. The number of fused-ring (bicyclic) bond motifs is 1. The summed E-state index contributed by atoms with van der Waals surface area (Å²) in [6.07, 6.45) is 0. The maximum atomic E-state index is 12.4. The Kier molecular flexibility index (Phi) is 6.09. The van der Waals surface area contributed by atoms with E-state index in [2.05, 4.69) is 0 Å². The molecule has 0 radical (unpaired) electrons. The van der Waals surface area contributed by atoms with Crippen molar-refractivity contribution in [2.45, 2.75) is 31.2 Å². The molecule has 132 valence electrons. The van der Waals surface area contributed by atoms with E-state index in [1.165, 1.54) is 17.0 Å². The number of Topliss-reactive ketones (excluding diaryl/α,β-unsaturated/α-hetero) is 1. The molecule has 0 saturated carbocycles. The minimum atomic E-state index is -4.44. The molecular weight excluding hydrogens is 365 g/mol. The summed E-state index contributed by atoms with van der Waals surface area (Å²) in [5.74, 6) is -1.23. The molecule has 1 aliphatic heterocycles. The molecule has 0 atom stereocenters. The van der Waals surface area contributed by atoms with Gasteiger partial charge in [0.1, 0.15) is 0 Å². The summed E-state index contributed by atoms with van der Waals surface area (Å²) < 4.78 is 31.7.